The Kier molecular flexibility index (Phi) is 5.61. The summed E-state index contributed by atoms with van der Waals surface area (Å²) in [6, 6.07) is 11.8. The van der Waals surface area contributed by atoms with Gasteiger partial charge in [0.05, 0.1) is 23.4 Å². The molecule has 0 fully saturated rings. The number of nitrogens with one attached hydrogen (secondary N) is 1. The minimum absolute atomic E-state index is 0.267. The minimum Gasteiger partial charge on any atom is -0.479 e. The number of amides is 1. The molecule has 0 saturated carbocycles. The number of thiophene rings is 1. The van der Waals surface area contributed by atoms with Crippen LogP contribution in [-0.2, 0) is 4.79 Å². The van der Waals surface area contributed by atoms with Gasteiger partial charge >= 0.3 is 0 Å². The maximum absolute atomic E-state index is 13.6. The van der Waals surface area contributed by atoms with Crippen molar-refractivity contribution in [2.75, 3.05) is 5.32 Å². The number of ketones is 1. The van der Waals surface area contributed by atoms with Gasteiger partial charge in [-0.2, -0.15) is 0 Å². The molecule has 3 heterocycles. The van der Waals surface area contributed by atoms with Crippen LogP contribution >= 0.6 is 27.3 Å². The third-order valence-corrected chi connectivity index (χ3v) is 7.48. The number of hydrogen-bond donors (Lipinski definition) is 1. The van der Waals surface area contributed by atoms with E-state index in [1.165, 1.54) is 22.2 Å². The second-order valence-electron chi connectivity index (χ2n) is 8.18. The molecule has 0 radical (unpaired) electrons. The van der Waals surface area contributed by atoms with Crippen LogP contribution in [-0.4, -0.2) is 27.3 Å². The number of nitrogens with zero attached hydrogens (tertiary/aromatic N) is 2. The lowest BCUT2D eigenvalue weighted by molar-refractivity contribution is -0.122. The molecule has 0 bridgehead atoms. The Balaban J connectivity index is 1.55. The number of carbonyl (C=O) groups excluding carboxylic acids is 2. The molecule has 9 heteroatoms. The molecule has 4 aromatic rings. The van der Waals surface area contributed by atoms with E-state index >= 15 is 0 Å². The van der Waals surface area contributed by atoms with E-state index in [0.717, 1.165) is 20.5 Å². The normalized spacial score (nSPS) is 16.0. The summed E-state index contributed by atoms with van der Waals surface area (Å²) in [4.78, 5) is 45.0. The van der Waals surface area contributed by atoms with E-state index in [4.69, 9.17) is 4.74 Å². The second kappa shape index (κ2) is 8.48. The average Bonchev–Trinajstić information content (AvgIpc) is 3.16. The number of hydrogen-bond acceptors (Lipinski definition) is 6. The number of aryl methyl sites for hydroxylation is 1. The van der Waals surface area contributed by atoms with Crippen LogP contribution in [0, 0.1) is 6.92 Å². The Morgan fingerprint density at radius 2 is 1.94 bits per heavy atom. The van der Waals surface area contributed by atoms with Crippen LogP contribution in [0.5, 0.6) is 5.75 Å². The summed E-state index contributed by atoms with van der Waals surface area (Å²) in [7, 11) is 0. The number of fused-ring (bicyclic) bond motifs is 2. The van der Waals surface area contributed by atoms with E-state index in [2.05, 4.69) is 26.2 Å². The summed E-state index contributed by atoms with van der Waals surface area (Å²) < 4.78 is 7.88. The quantitative estimate of drug-likeness (QED) is 0.354. The third kappa shape index (κ3) is 3.74. The predicted molar refractivity (Wildman–Crippen MR) is 136 cm³/mol. The van der Waals surface area contributed by atoms with Gasteiger partial charge < -0.3 is 10.1 Å². The number of benzene rings is 2. The molecule has 2 aromatic heterocycles. The fraction of sp³-hybridized carbons (Fsp3) is 0.200. The number of halogens is 1. The molecule has 1 aliphatic rings. The zero-order valence-corrected chi connectivity index (χ0v) is 21.0. The lowest BCUT2D eigenvalue weighted by atomic mass is 10.0. The van der Waals surface area contributed by atoms with Gasteiger partial charge in [-0.1, -0.05) is 28.1 Å². The molecular weight excluding hydrogens is 518 g/mol. The fourth-order valence-electron chi connectivity index (χ4n) is 4.09. The van der Waals surface area contributed by atoms with Gasteiger partial charge in [0, 0.05) is 20.5 Å². The first kappa shape index (κ1) is 22.5. The van der Waals surface area contributed by atoms with Crippen molar-refractivity contribution in [3.63, 3.8) is 0 Å². The second-order valence-corrected chi connectivity index (χ2v) is 10.3. The summed E-state index contributed by atoms with van der Waals surface area (Å²) in [5.74, 6) is -0.0372. The molecule has 1 N–H and O–H groups in total. The molecule has 5 rings (SSSR count). The molecule has 0 saturated heterocycles. The third-order valence-electron chi connectivity index (χ3n) is 5.94. The summed E-state index contributed by atoms with van der Waals surface area (Å²) in [6.45, 7) is 5.29. The van der Waals surface area contributed by atoms with Crippen molar-refractivity contribution in [1.29, 1.82) is 0 Å². The highest BCUT2D eigenvalue weighted by atomic mass is 79.9. The molecule has 0 spiro atoms. The molecule has 2 aromatic carbocycles. The van der Waals surface area contributed by atoms with Crippen LogP contribution in [0.3, 0.4) is 0 Å². The maximum atomic E-state index is 13.6. The highest BCUT2D eigenvalue weighted by molar-refractivity contribution is 9.10. The van der Waals surface area contributed by atoms with Crippen LogP contribution in [0.25, 0.3) is 21.3 Å². The number of carbonyl (C=O) groups is 2. The molecule has 1 amide bonds. The number of rotatable bonds is 4. The smallest absolute Gasteiger partial charge is 0.265 e. The number of aromatic nitrogens is 2. The van der Waals surface area contributed by atoms with Gasteiger partial charge in [-0.05, 0) is 56.7 Å². The molecule has 1 aliphatic heterocycles. The standard InChI is InChI=1S/C25H20BrN3O4S/c1-12(22(30)16-6-9-19-18(10-16)28-23(31)13(2)33-19)29-11-27-24-21(25(29)32)20(14(3)34-24)15-4-7-17(26)8-5-15/h4-13H,1-3H3,(H,28,31). The van der Waals surface area contributed by atoms with Crippen molar-refractivity contribution in [2.45, 2.75) is 32.9 Å². The monoisotopic (exact) mass is 537 g/mol. The van der Waals surface area contributed by atoms with Crippen molar-refractivity contribution in [3.05, 3.63) is 74.1 Å². The number of ether oxygens (including phenoxy) is 1. The van der Waals surface area contributed by atoms with Crippen LogP contribution in [0.2, 0.25) is 0 Å². The fourth-order valence-corrected chi connectivity index (χ4v) is 5.35. The molecule has 7 nitrogen and oxygen atoms in total. The van der Waals surface area contributed by atoms with Gasteiger partial charge in [0.1, 0.15) is 10.6 Å². The molecule has 172 valence electrons. The van der Waals surface area contributed by atoms with Gasteiger partial charge in [0.25, 0.3) is 11.5 Å². The summed E-state index contributed by atoms with van der Waals surface area (Å²) in [5, 5.41) is 3.26. The number of Topliss-reactive ketones (excluding diaryl/α,β-unsaturated/α-hetero) is 1. The highest BCUT2D eigenvalue weighted by Gasteiger charge is 2.27. The minimum atomic E-state index is -0.792. The van der Waals surface area contributed by atoms with Crippen molar-refractivity contribution in [3.8, 4) is 16.9 Å². The van der Waals surface area contributed by atoms with Crippen molar-refractivity contribution in [2.24, 2.45) is 0 Å². The Morgan fingerprint density at radius 3 is 2.68 bits per heavy atom. The Hall–Kier alpha value is -3.30. The molecule has 2 unspecified atom stereocenters. The summed E-state index contributed by atoms with van der Waals surface area (Å²) in [5.41, 5.74) is 2.29. The van der Waals surface area contributed by atoms with E-state index in [9.17, 15) is 14.4 Å². The first-order valence-electron chi connectivity index (χ1n) is 10.7. The Bertz CT molecular complexity index is 1520. The zero-order chi connectivity index (χ0) is 24.1. The molecule has 34 heavy (non-hydrogen) atoms. The Labute approximate surface area is 207 Å². The largest absolute Gasteiger partial charge is 0.479 e. The average molecular weight is 538 g/mol. The van der Waals surface area contributed by atoms with Gasteiger partial charge in [-0.15, -0.1) is 11.3 Å². The van der Waals surface area contributed by atoms with Crippen LogP contribution in [0.4, 0.5) is 5.69 Å². The van der Waals surface area contributed by atoms with Crippen LogP contribution in [0.15, 0.2) is 58.1 Å². The van der Waals surface area contributed by atoms with Crippen molar-refractivity contribution >= 4 is 54.9 Å². The molecule has 2 atom stereocenters. The van der Waals surface area contributed by atoms with Crippen molar-refractivity contribution < 1.29 is 14.3 Å². The summed E-state index contributed by atoms with van der Waals surface area (Å²) >= 11 is 4.90. The Morgan fingerprint density at radius 1 is 1.21 bits per heavy atom. The van der Waals surface area contributed by atoms with E-state index in [-0.39, 0.29) is 17.2 Å². The number of anilines is 1. The maximum Gasteiger partial charge on any atom is 0.265 e. The van der Waals surface area contributed by atoms with E-state index in [1.54, 1.807) is 32.0 Å². The first-order chi connectivity index (χ1) is 16.2. The topological polar surface area (TPSA) is 90.3 Å². The molecular formula is C25H20BrN3O4S. The van der Waals surface area contributed by atoms with Gasteiger partial charge in [0.2, 0.25) is 0 Å². The lowest BCUT2D eigenvalue weighted by Crippen LogP contribution is -2.34. The predicted octanol–water partition coefficient (Wildman–Crippen LogP) is 5.36. The highest BCUT2D eigenvalue weighted by Crippen LogP contribution is 2.36. The van der Waals surface area contributed by atoms with E-state index in [1.807, 2.05) is 31.2 Å². The SMILES string of the molecule is Cc1sc2ncn(C(C)C(=O)c3ccc4c(c3)NC(=O)C(C)O4)c(=O)c2c1-c1ccc(Br)cc1. The van der Waals surface area contributed by atoms with E-state index < -0.39 is 12.1 Å². The lowest BCUT2D eigenvalue weighted by Gasteiger charge is -2.24. The van der Waals surface area contributed by atoms with Gasteiger partial charge in [-0.25, -0.2) is 4.98 Å². The summed E-state index contributed by atoms with van der Waals surface area (Å²) in [6.07, 6.45) is 0.831. The van der Waals surface area contributed by atoms with Crippen molar-refractivity contribution in [1.82, 2.24) is 9.55 Å². The zero-order valence-electron chi connectivity index (χ0n) is 18.6. The first-order valence-corrected chi connectivity index (χ1v) is 12.3. The molecule has 0 aliphatic carbocycles. The van der Waals surface area contributed by atoms with Crippen LogP contribution in [0.1, 0.15) is 35.1 Å². The van der Waals surface area contributed by atoms with Gasteiger partial charge in [0.15, 0.2) is 11.9 Å². The van der Waals surface area contributed by atoms with E-state index in [0.29, 0.717) is 27.2 Å². The van der Waals surface area contributed by atoms with Gasteiger partial charge in [-0.3, -0.25) is 19.0 Å². The van der Waals surface area contributed by atoms with Crippen LogP contribution < -0.4 is 15.6 Å².